The van der Waals surface area contributed by atoms with Crippen LogP contribution in [0.5, 0.6) is 0 Å². The number of esters is 4. The Hall–Kier alpha value is -1.94. The van der Waals surface area contributed by atoms with Crippen LogP contribution in [-0.4, -0.2) is 96.7 Å². The summed E-state index contributed by atoms with van der Waals surface area (Å²) in [5, 5.41) is 10.6. The number of phosphoric acid groups is 2. The molecule has 0 radical (unpaired) electrons. The van der Waals surface area contributed by atoms with E-state index >= 15 is 0 Å². The van der Waals surface area contributed by atoms with Crippen LogP contribution in [0.15, 0.2) is 0 Å². The van der Waals surface area contributed by atoms with Crippen LogP contribution in [0.3, 0.4) is 0 Å². The standard InChI is InChI=1S/C71H138O17P2/c1-6-9-12-15-18-21-23-25-27-28-29-30-31-33-35-37-40-46-51-56-70(75)87-66(60-82-69(74)55-50-45-39-36-34-32-26-24-22-19-16-13-10-7-2)62-85-89(77,78)83-58-65(72)59-84-90(79,80)86-63-67(61-81-68(73)54-49-44-38-20-17-14-11-8-3)88-71(76)57-52-47-42-41-43-48-53-64(4)5/h64-67,72H,6-63H2,1-5H3,(H,77,78)(H,79,80)/t65-,66-,67-/m1/s1. The minimum atomic E-state index is -4.95. The summed E-state index contributed by atoms with van der Waals surface area (Å²) >= 11 is 0. The van der Waals surface area contributed by atoms with Crippen LogP contribution >= 0.6 is 15.6 Å². The van der Waals surface area contributed by atoms with Gasteiger partial charge >= 0.3 is 39.5 Å². The third-order valence-corrected chi connectivity index (χ3v) is 18.4. The summed E-state index contributed by atoms with van der Waals surface area (Å²) in [6, 6.07) is 0. The van der Waals surface area contributed by atoms with Crippen molar-refractivity contribution in [2.24, 2.45) is 5.92 Å². The van der Waals surface area contributed by atoms with Crippen LogP contribution in [0.1, 0.15) is 369 Å². The van der Waals surface area contributed by atoms with E-state index in [4.69, 9.17) is 37.0 Å². The first kappa shape index (κ1) is 88.1. The molecule has 0 rings (SSSR count). The first-order valence-electron chi connectivity index (χ1n) is 37.1. The summed E-state index contributed by atoms with van der Waals surface area (Å²) in [5.74, 6) is -1.46. The Balaban J connectivity index is 5.18. The Labute approximate surface area is 549 Å². The molecule has 90 heavy (non-hydrogen) atoms. The number of carbonyl (C=O) groups is 4. The molecule has 0 saturated carbocycles. The number of phosphoric ester groups is 2. The SMILES string of the molecule is CCCCCCCCCCCCCCCCCCCCCC(=O)O[C@H](COC(=O)CCCCCCCCCCCCCCCC)COP(=O)(O)OC[C@@H](O)COP(=O)(O)OC[C@@H](COC(=O)CCCCCCCCCC)OC(=O)CCCCCCCCC(C)C. The molecule has 534 valence electrons. The van der Waals surface area contributed by atoms with E-state index in [0.29, 0.717) is 31.6 Å². The zero-order chi connectivity index (χ0) is 66.3. The van der Waals surface area contributed by atoms with Crippen molar-refractivity contribution >= 4 is 39.5 Å². The van der Waals surface area contributed by atoms with Crippen molar-refractivity contribution in [1.82, 2.24) is 0 Å². The monoisotopic (exact) mass is 1320 g/mol. The van der Waals surface area contributed by atoms with E-state index in [9.17, 15) is 43.2 Å². The Kier molecular flexibility index (Phi) is 63.0. The van der Waals surface area contributed by atoms with Gasteiger partial charge in [0.2, 0.25) is 0 Å². The maximum absolute atomic E-state index is 13.0. The average molecular weight is 1330 g/mol. The van der Waals surface area contributed by atoms with Crippen molar-refractivity contribution in [1.29, 1.82) is 0 Å². The van der Waals surface area contributed by atoms with Crippen molar-refractivity contribution in [3.8, 4) is 0 Å². The van der Waals surface area contributed by atoms with Gasteiger partial charge in [0, 0.05) is 25.7 Å². The normalized spacial score (nSPS) is 14.1. The summed E-state index contributed by atoms with van der Waals surface area (Å²) in [6.45, 7) is 7.13. The predicted octanol–water partition coefficient (Wildman–Crippen LogP) is 20.5. The van der Waals surface area contributed by atoms with E-state index in [0.717, 1.165) is 96.3 Å². The summed E-state index contributed by atoms with van der Waals surface area (Å²) < 4.78 is 68.2. The highest BCUT2D eigenvalue weighted by Crippen LogP contribution is 2.45. The average Bonchev–Trinajstić information content (AvgIpc) is 2.84. The minimum Gasteiger partial charge on any atom is -0.462 e. The Morgan fingerprint density at radius 1 is 0.300 bits per heavy atom. The van der Waals surface area contributed by atoms with Gasteiger partial charge in [-0.2, -0.15) is 0 Å². The van der Waals surface area contributed by atoms with Gasteiger partial charge in [-0.05, 0) is 31.6 Å². The molecule has 0 aliphatic heterocycles. The zero-order valence-corrected chi connectivity index (χ0v) is 60.1. The van der Waals surface area contributed by atoms with Gasteiger partial charge in [-0.1, -0.05) is 317 Å². The minimum absolute atomic E-state index is 0.102. The largest absolute Gasteiger partial charge is 0.472 e. The van der Waals surface area contributed by atoms with Crippen LogP contribution in [-0.2, 0) is 65.4 Å². The summed E-state index contributed by atoms with van der Waals surface area (Å²) in [4.78, 5) is 72.4. The molecule has 19 heteroatoms. The first-order chi connectivity index (χ1) is 43.5. The quantitative estimate of drug-likeness (QED) is 0.0222. The third kappa shape index (κ3) is 64.8. The van der Waals surface area contributed by atoms with E-state index in [1.165, 1.54) is 186 Å². The molecule has 0 aromatic rings. The summed E-state index contributed by atoms with van der Waals surface area (Å²) in [7, 11) is -9.89. The molecule has 0 aliphatic rings. The molecule has 0 aromatic heterocycles. The molecule has 5 atom stereocenters. The maximum Gasteiger partial charge on any atom is 0.472 e. The number of aliphatic hydroxyl groups excluding tert-OH is 1. The molecule has 0 saturated heterocycles. The number of rotatable bonds is 71. The molecule has 0 spiro atoms. The predicted molar refractivity (Wildman–Crippen MR) is 363 cm³/mol. The number of hydrogen-bond acceptors (Lipinski definition) is 15. The third-order valence-electron chi connectivity index (χ3n) is 16.5. The molecular weight excluding hydrogens is 1190 g/mol. The van der Waals surface area contributed by atoms with Gasteiger partial charge in [-0.25, -0.2) is 9.13 Å². The zero-order valence-electron chi connectivity index (χ0n) is 58.3. The molecule has 17 nitrogen and oxygen atoms in total. The van der Waals surface area contributed by atoms with Crippen molar-refractivity contribution in [2.75, 3.05) is 39.6 Å². The van der Waals surface area contributed by atoms with Gasteiger partial charge in [0.05, 0.1) is 26.4 Å². The van der Waals surface area contributed by atoms with Crippen LogP contribution in [0.4, 0.5) is 0 Å². The van der Waals surface area contributed by atoms with E-state index in [1.54, 1.807) is 0 Å². The fourth-order valence-electron chi connectivity index (χ4n) is 10.8. The molecule has 0 aliphatic carbocycles. The highest BCUT2D eigenvalue weighted by Gasteiger charge is 2.30. The number of hydrogen-bond donors (Lipinski definition) is 3. The molecule has 0 amide bonds. The summed E-state index contributed by atoms with van der Waals surface area (Å²) in [6.07, 6.45) is 51.6. The lowest BCUT2D eigenvalue weighted by atomic mass is 10.0. The Bertz CT molecular complexity index is 1740. The lowest BCUT2D eigenvalue weighted by Crippen LogP contribution is -2.30. The Morgan fingerprint density at radius 3 is 0.756 bits per heavy atom. The molecule has 3 N–H and O–H groups in total. The van der Waals surface area contributed by atoms with Crippen molar-refractivity contribution in [3.05, 3.63) is 0 Å². The van der Waals surface area contributed by atoms with Crippen LogP contribution in [0, 0.1) is 5.92 Å². The lowest BCUT2D eigenvalue weighted by Gasteiger charge is -2.21. The maximum atomic E-state index is 13.0. The molecular formula is C71H138O17P2. The second-order valence-electron chi connectivity index (χ2n) is 26.1. The van der Waals surface area contributed by atoms with Gasteiger partial charge in [0.25, 0.3) is 0 Å². The van der Waals surface area contributed by atoms with E-state index < -0.39 is 97.5 Å². The highest BCUT2D eigenvalue weighted by molar-refractivity contribution is 7.47. The van der Waals surface area contributed by atoms with Gasteiger partial charge in [-0.3, -0.25) is 37.3 Å². The first-order valence-corrected chi connectivity index (χ1v) is 40.1. The van der Waals surface area contributed by atoms with E-state index in [2.05, 4.69) is 34.6 Å². The number of ether oxygens (including phenoxy) is 4. The van der Waals surface area contributed by atoms with Gasteiger partial charge in [-0.15, -0.1) is 0 Å². The van der Waals surface area contributed by atoms with Crippen LogP contribution in [0.2, 0.25) is 0 Å². The fraction of sp³-hybridized carbons (Fsp3) is 0.944. The Morgan fingerprint density at radius 2 is 0.511 bits per heavy atom. The van der Waals surface area contributed by atoms with Crippen molar-refractivity contribution < 1.29 is 80.2 Å². The molecule has 0 fully saturated rings. The second kappa shape index (κ2) is 64.4. The molecule has 0 aromatic carbocycles. The van der Waals surface area contributed by atoms with Gasteiger partial charge in [0.1, 0.15) is 19.3 Å². The van der Waals surface area contributed by atoms with Gasteiger partial charge in [0.15, 0.2) is 12.2 Å². The molecule has 2 unspecified atom stereocenters. The van der Waals surface area contributed by atoms with E-state index in [-0.39, 0.29) is 25.7 Å². The topological polar surface area (TPSA) is 237 Å². The lowest BCUT2D eigenvalue weighted by molar-refractivity contribution is -0.161. The van der Waals surface area contributed by atoms with Crippen molar-refractivity contribution in [2.45, 2.75) is 387 Å². The van der Waals surface area contributed by atoms with Crippen LogP contribution in [0.25, 0.3) is 0 Å². The second-order valence-corrected chi connectivity index (χ2v) is 29.0. The van der Waals surface area contributed by atoms with Gasteiger partial charge < -0.3 is 33.8 Å². The smallest absolute Gasteiger partial charge is 0.462 e. The highest BCUT2D eigenvalue weighted by atomic mass is 31.2. The molecule has 0 bridgehead atoms. The number of unbranched alkanes of at least 4 members (excludes halogenated alkanes) is 43. The summed E-state index contributed by atoms with van der Waals surface area (Å²) in [5.41, 5.74) is 0. The number of carbonyl (C=O) groups excluding carboxylic acids is 4. The van der Waals surface area contributed by atoms with Crippen molar-refractivity contribution in [3.63, 3.8) is 0 Å². The molecule has 0 heterocycles. The van der Waals surface area contributed by atoms with Crippen LogP contribution < -0.4 is 0 Å². The van der Waals surface area contributed by atoms with E-state index in [1.807, 2.05) is 0 Å². The number of aliphatic hydroxyl groups is 1. The fourth-order valence-corrected chi connectivity index (χ4v) is 12.4.